The van der Waals surface area contributed by atoms with Crippen molar-refractivity contribution in [3.63, 3.8) is 0 Å². The molecule has 0 bridgehead atoms. The van der Waals surface area contributed by atoms with Gasteiger partial charge in [0.25, 0.3) is 0 Å². The number of carboxylic acids is 1. The van der Waals surface area contributed by atoms with Crippen LogP contribution in [-0.4, -0.2) is 29.1 Å². The lowest BCUT2D eigenvalue weighted by Gasteiger charge is -2.24. The van der Waals surface area contributed by atoms with Gasteiger partial charge in [0.1, 0.15) is 0 Å². The number of carboxylic acid groups (broad SMARTS) is 1. The maximum absolute atomic E-state index is 11.2. The highest BCUT2D eigenvalue weighted by atomic mass is 32.1. The Morgan fingerprint density at radius 2 is 1.95 bits per heavy atom. The molecule has 1 aromatic rings. The highest BCUT2D eigenvalue weighted by Crippen LogP contribution is 2.26. The Balaban J connectivity index is 2.65. The van der Waals surface area contributed by atoms with Crippen molar-refractivity contribution >= 4 is 22.4 Å². The lowest BCUT2D eigenvalue weighted by Crippen LogP contribution is -2.32. The van der Waals surface area contributed by atoms with Gasteiger partial charge in [-0.05, 0) is 12.3 Å². The molecule has 22 heavy (non-hydrogen) atoms. The molecule has 0 radical (unpaired) electrons. The lowest BCUT2D eigenvalue weighted by atomic mass is 10.1. The minimum Gasteiger partial charge on any atom is -0.481 e. The third-order valence-electron chi connectivity index (χ3n) is 3.82. The summed E-state index contributed by atoms with van der Waals surface area (Å²) >= 11 is 1.63. The standard InChI is InChI=1S/C17H30N2O2S/c1-5-6-7-8-9-10-19(11-14(4)16(20)21)17-18-15(12-22-17)13(2)3/h12-14H,5-11H2,1-4H3,(H,20,21). The van der Waals surface area contributed by atoms with Crippen molar-refractivity contribution in [1.29, 1.82) is 0 Å². The zero-order valence-corrected chi connectivity index (χ0v) is 15.2. The quantitative estimate of drug-likeness (QED) is 0.595. The summed E-state index contributed by atoms with van der Waals surface area (Å²) in [5, 5.41) is 12.2. The minimum absolute atomic E-state index is 0.373. The number of aromatic nitrogens is 1. The third kappa shape index (κ3) is 6.34. The van der Waals surface area contributed by atoms with Gasteiger partial charge in [0, 0.05) is 18.5 Å². The first-order valence-electron chi connectivity index (χ1n) is 8.38. The molecule has 1 atom stereocenters. The average molecular weight is 327 g/mol. The Morgan fingerprint density at radius 1 is 1.27 bits per heavy atom. The number of rotatable bonds is 11. The number of hydrogen-bond acceptors (Lipinski definition) is 4. The molecule has 1 N–H and O–H groups in total. The molecule has 126 valence electrons. The van der Waals surface area contributed by atoms with Crippen LogP contribution in [0.15, 0.2) is 5.38 Å². The predicted octanol–water partition coefficient (Wildman–Crippen LogP) is 4.76. The number of aliphatic carboxylic acids is 1. The van der Waals surface area contributed by atoms with Crippen LogP contribution >= 0.6 is 11.3 Å². The normalized spacial score (nSPS) is 12.6. The molecule has 5 heteroatoms. The summed E-state index contributed by atoms with van der Waals surface area (Å²) in [6.45, 7) is 9.68. The van der Waals surface area contributed by atoms with E-state index < -0.39 is 5.97 Å². The Hall–Kier alpha value is -1.10. The molecule has 4 nitrogen and oxygen atoms in total. The van der Waals surface area contributed by atoms with Crippen LogP contribution in [0, 0.1) is 5.92 Å². The molecule has 0 fully saturated rings. The van der Waals surface area contributed by atoms with Crippen molar-refractivity contribution in [1.82, 2.24) is 4.98 Å². The van der Waals surface area contributed by atoms with Crippen LogP contribution in [0.5, 0.6) is 0 Å². The van der Waals surface area contributed by atoms with Gasteiger partial charge in [-0.25, -0.2) is 4.98 Å². The fourth-order valence-corrected chi connectivity index (χ4v) is 3.29. The van der Waals surface area contributed by atoms with E-state index >= 15 is 0 Å². The summed E-state index contributed by atoms with van der Waals surface area (Å²) in [5.41, 5.74) is 1.10. The highest BCUT2D eigenvalue weighted by molar-refractivity contribution is 7.13. The van der Waals surface area contributed by atoms with Gasteiger partial charge in [0.05, 0.1) is 11.6 Å². The summed E-state index contributed by atoms with van der Waals surface area (Å²) in [6, 6.07) is 0. The minimum atomic E-state index is -0.739. The number of thiazole rings is 1. The summed E-state index contributed by atoms with van der Waals surface area (Å²) < 4.78 is 0. The Labute approximate surface area is 138 Å². The molecule has 1 rings (SSSR count). The molecule has 1 unspecified atom stereocenters. The summed E-state index contributed by atoms with van der Waals surface area (Å²) in [7, 11) is 0. The van der Waals surface area contributed by atoms with Crippen molar-refractivity contribution in [2.75, 3.05) is 18.0 Å². The Morgan fingerprint density at radius 3 is 2.50 bits per heavy atom. The monoisotopic (exact) mass is 326 g/mol. The smallest absolute Gasteiger partial charge is 0.308 e. The molecule has 1 heterocycles. The lowest BCUT2D eigenvalue weighted by molar-refractivity contribution is -0.140. The molecular formula is C17H30N2O2S. The van der Waals surface area contributed by atoms with Crippen LogP contribution in [0.25, 0.3) is 0 Å². The third-order valence-corrected chi connectivity index (χ3v) is 4.74. The van der Waals surface area contributed by atoms with Gasteiger partial charge in [-0.3, -0.25) is 4.79 Å². The van der Waals surface area contributed by atoms with E-state index in [9.17, 15) is 4.79 Å². The SMILES string of the molecule is CCCCCCCN(CC(C)C(=O)O)c1nc(C(C)C)cs1. The molecular weight excluding hydrogens is 296 g/mol. The van der Waals surface area contributed by atoms with E-state index in [1.807, 2.05) is 0 Å². The first-order valence-corrected chi connectivity index (χ1v) is 9.26. The van der Waals surface area contributed by atoms with Crippen molar-refractivity contribution in [3.8, 4) is 0 Å². The summed E-state index contributed by atoms with van der Waals surface area (Å²) in [6.07, 6.45) is 6.08. The predicted molar refractivity (Wildman–Crippen MR) is 94.0 cm³/mol. The van der Waals surface area contributed by atoms with Crippen LogP contribution < -0.4 is 4.90 Å². The molecule has 0 aromatic carbocycles. The molecule has 0 saturated carbocycles. The zero-order chi connectivity index (χ0) is 16.5. The largest absolute Gasteiger partial charge is 0.481 e. The topological polar surface area (TPSA) is 53.4 Å². The number of nitrogens with zero attached hydrogens (tertiary/aromatic N) is 2. The van der Waals surface area contributed by atoms with Gasteiger partial charge >= 0.3 is 5.97 Å². The van der Waals surface area contributed by atoms with Gasteiger partial charge in [-0.1, -0.05) is 53.4 Å². The molecule has 0 saturated heterocycles. The van der Waals surface area contributed by atoms with Crippen LogP contribution in [-0.2, 0) is 4.79 Å². The van der Waals surface area contributed by atoms with Crippen LogP contribution in [0.1, 0.15) is 71.4 Å². The van der Waals surface area contributed by atoms with Crippen molar-refractivity contribution in [2.45, 2.75) is 65.7 Å². The fourth-order valence-electron chi connectivity index (χ4n) is 2.27. The van der Waals surface area contributed by atoms with Crippen LogP contribution in [0.3, 0.4) is 0 Å². The number of anilines is 1. The highest BCUT2D eigenvalue weighted by Gasteiger charge is 2.19. The summed E-state index contributed by atoms with van der Waals surface area (Å²) in [4.78, 5) is 18.0. The fraction of sp³-hybridized carbons (Fsp3) is 0.765. The first kappa shape index (κ1) is 18.9. The summed E-state index contributed by atoms with van der Waals surface area (Å²) in [5.74, 6) is -0.702. The molecule has 0 aliphatic carbocycles. The Bertz CT molecular complexity index is 446. The second-order valence-corrected chi connectivity index (χ2v) is 7.15. The number of hydrogen-bond donors (Lipinski definition) is 1. The first-order chi connectivity index (χ1) is 10.5. The van der Waals surface area contributed by atoms with E-state index in [0.29, 0.717) is 12.5 Å². The molecule has 0 amide bonds. The number of carbonyl (C=O) groups is 1. The van der Waals surface area contributed by atoms with Gasteiger partial charge in [0.15, 0.2) is 5.13 Å². The van der Waals surface area contributed by atoms with Gasteiger partial charge in [-0.15, -0.1) is 11.3 Å². The van der Waals surface area contributed by atoms with Gasteiger partial charge in [0.2, 0.25) is 0 Å². The average Bonchev–Trinajstić information content (AvgIpc) is 2.95. The second-order valence-electron chi connectivity index (χ2n) is 6.31. The van der Waals surface area contributed by atoms with E-state index in [1.165, 1.54) is 25.7 Å². The van der Waals surface area contributed by atoms with E-state index in [-0.39, 0.29) is 5.92 Å². The maximum atomic E-state index is 11.2. The van der Waals surface area contributed by atoms with Crippen LogP contribution in [0.2, 0.25) is 0 Å². The molecule has 0 aliphatic rings. The zero-order valence-electron chi connectivity index (χ0n) is 14.3. The number of unbranched alkanes of at least 4 members (excludes halogenated alkanes) is 4. The van der Waals surface area contributed by atoms with E-state index in [2.05, 4.69) is 36.0 Å². The van der Waals surface area contributed by atoms with Gasteiger partial charge < -0.3 is 10.0 Å². The molecule has 0 aliphatic heterocycles. The van der Waals surface area contributed by atoms with Crippen molar-refractivity contribution in [3.05, 3.63) is 11.1 Å². The molecule has 1 aromatic heterocycles. The van der Waals surface area contributed by atoms with Crippen LogP contribution in [0.4, 0.5) is 5.13 Å². The van der Waals surface area contributed by atoms with Gasteiger partial charge in [-0.2, -0.15) is 0 Å². The van der Waals surface area contributed by atoms with Crippen molar-refractivity contribution < 1.29 is 9.90 Å². The van der Waals surface area contributed by atoms with E-state index in [0.717, 1.165) is 23.8 Å². The maximum Gasteiger partial charge on any atom is 0.308 e. The molecule has 0 spiro atoms. The second kappa shape index (κ2) is 9.82. The Kier molecular flexibility index (Phi) is 8.46. The van der Waals surface area contributed by atoms with E-state index in [4.69, 9.17) is 5.11 Å². The van der Waals surface area contributed by atoms with E-state index in [1.54, 1.807) is 18.3 Å². The van der Waals surface area contributed by atoms with Crippen molar-refractivity contribution in [2.24, 2.45) is 5.92 Å².